The molecule has 0 aliphatic carbocycles. The fourth-order valence-electron chi connectivity index (χ4n) is 0.994. The van der Waals surface area contributed by atoms with Crippen LogP contribution >= 0.6 is 11.6 Å². The van der Waals surface area contributed by atoms with Gasteiger partial charge in [0.2, 0.25) is 0 Å². The van der Waals surface area contributed by atoms with Crippen LogP contribution in [0.4, 0.5) is 0 Å². The van der Waals surface area contributed by atoms with E-state index in [0.717, 1.165) is 5.56 Å². The third kappa shape index (κ3) is 2.24. The summed E-state index contributed by atoms with van der Waals surface area (Å²) in [4.78, 5) is 0. The zero-order valence-corrected chi connectivity index (χ0v) is 7.97. The third-order valence-corrected chi connectivity index (χ3v) is 1.90. The van der Waals surface area contributed by atoms with Gasteiger partial charge in [0.1, 0.15) is 6.07 Å². The topological polar surface area (TPSA) is 35.8 Å². The lowest BCUT2D eigenvalue weighted by Crippen LogP contribution is -1.95. The Morgan fingerprint density at radius 1 is 1.54 bits per heavy atom. The van der Waals surface area contributed by atoms with Crippen molar-refractivity contribution in [2.24, 2.45) is 0 Å². The fourth-order valence-corrected chi connectivity index (χ4v) is 1.23. The second kappa shape index (κ2) is 4.54. The molecule has 0 aliphatic heterocycles. The van der Waals surface area contributed by atoms with Gasteiger partial charge in [0.05, 0.1) is 5.57 Å². The van der Waals surface area contributed by atoms with Crippen LogP contribution in [0.2, 0.25) is 5.02 Å². The minimum absolute atomic E-state index is 0.535. The zero-order chi connectivity index (χ0) is 9.68. The Bertz CT molecular complexity index is 363. The Morgan fingerprint density at radius 2 is 2.23 bits per heavy atom. The van der Waals surface area contributed by atoms with Crippen LogP contribution in [0.15, 0.2) is 30.5 Å². The predicted octanol–water partition coefficient (Wildman–Crippen LogP) is 2.42. The summed E-state index contributed by atoms with van der Waals surface area (Å²) in [6.07, 6.45) is 1.63. The van der Waals surface area contributed by atoms with Crippen LogP contribution in [0.5, 0.6) is 0 Å². The molecule has 1 aromatic carbocycles. The summed E-state index contributed by atoms with van der Waals surface area (Å²) in [5.41, 5.74) is 1.29. The second-order valence-corrected chi connectivity index (χ2v) is 2.85. The van der Waals surface area contributed by atoms with E-state index in [2.05, 4.69) is 11.4 Å². The molecule has 0 atom stereocenters. The average Bonchev–Trinajstić information content (AvgIpc) is 2.16. The molecule has 1 N–H and O–H groups in total. The van der Waals surface area contributed by atoms with Crippen LogP contribution in [0.1, 0.15) is 5.56 Å². The highest BCUT2D eigenvalue weighted by molar-refractivity contribution is 6.32. The van der Waals surface area contributed by atoms with Crippen molar-refractivity contribution in [2.45, 2.75) is 0 Å². The molecular formula is C10H9ClN2. The van der Waals surface area contributed by atoms with Gasteiger partial charge in [0.25, 0.3) is 0 Å². The molecule has 0 fully saturated rings. The Balaban J connectivity index is 3.14. The SMILES string of the molecule is CN/C=C(/C#N)c1ccccc1Cl. The Hall–Kier alpha value is -1.46. The lowest BCUT2D eigenvalue weighted by molar-refractivity contribution is 1.11. The van der Waals surface area contributed by atoms with E-state index in [1.165, 1.54) is 0 Å². The summed E-state index contributed by atoms with van der Waals surface area (Å²) in [7, 11) is 1.74. The van der Waals surface area contributed by atoms with Gasteiger partial charge in [0.15, 0.2) is 0 Å². The maximum Gasteiger partial charge on any atom is 0.101 e. The molecule has 13 heavy (non-hydrogen) atoms. The first-order valence-corrected chi connectivity index (χ1v) is 4.20. The zero-order valence-electron chi connectivity index (χ0n) is 7.21. The molecule has 0 heterocycles. The molecule has 2 nitrogen and oxygen atoms in total. The molecule has 0 amide bonds. The number of halogens is 1. The standard InChI is InChI=1S/C10H9ClN2/c1-13-7-8(6-12)9-4-2-3-5-10(9)11/h2-5,7,13H,1H3/b8-7-. The highest BCUT2D eigenvalue weighted by atomic mass is 35.5. The molecule has 0 bridgehead atoms. The Labute approximate surface area is 82.4 Å². The highest BCUT2D eigenvalue weighted by Gasteiger charge is 2.03. The molecule has 3 heteroatoms. The average molecular weight is 193 g/mol. The largest absolute Gasteiger partial charge is 0.393 e. The number of rotatable bonds is 2. The molecule has 66 valence electrons. The van der Waals surface area contributed by atoms with Crippen LogP contribution < -0.4 is 5.32 Å². The lowest BCUT2D eigenvalue weighted by atomic mass is 10.1. The Morgan fingerprint density at radius 3 is 2.77 bits per heavy atom. The van der Waals surface area contributed by atoms with Crippen molar-refractivity contribution in [2.75, 3.05) is 7.05 Å². The minimum Gasteiger partial charge on any atom is -0.393 e. The first-order valence-electron chi connectivity index (χ1n) is 3.82. The quantitative estimate of drug-likeness (QED) is 0.731. The van der Waals surface area contributed by atoms with Gasteiger partial charge in [-0.25, -0.2) is 0 Å². The van der Waals surface area contributed by atoms with Gasteiger partial charge in [-0.15, -0.1) is 0 Å². The molecule has 0 saturated carbocycles. The molecule has 0 aromatic heterocycles. The number of nitrogens with one attached hydrogen (secondary N) is 1. The van der Waals surface area contributed by atoms with E-state index < -0.39 is 0 Å². The molecule has 0 aliphatic rings. The van der Waals surface area contributed by atoms with E-state index in [0.29, 0.717) is 10.6 Å². The number of hydrogen-bond donors (Lipinski definition) is 1. The molecular weight excluding hydrogens is 184 g/mol. The number of benzene rings is 1. The normalized spacial score (nSPS) is 10.7. The summed E-state index contributed by atoms with van der Waals surface area (Å²) in [5, 5.41) is 12.2. The fraction of sp³-hybridized carbons (Fsp3) is 0.100. The van der Waals surface area contributed by atoms with Gasteiger partial charge in [-0.05, 0) is 6.07 Å². The van der Waals surface area contributed by atoms with Crippen molar-refractivity contribution in [3.63, 3.8) is 0 Å². The van der Waals surface area contributed by atoms with E-state index in [9.17, 15) is 0 Å². The van der Waals surface area contributed by atoms with Crippen LogP contribution in [-0.4, -0.2) is 7.05 Å². The van der Waals surface area contributed by atoms with Crippen molar-refractivity contribution < 1.29 is 0 Å². The summed E-state index contributed by atoms with van der Waals surface area (Å²) in [6, 6.07) is 9.33. The van der Waals surface area contributed by atoms with Gasteiger partial charge in [-0.3, -0.25) is 0 Å². The Kier molecular flexibility index (Phi) is 3.36. The lowest BCUT2D eigenvalue weighted by Gasteiger charge is -2.00. The smallest absolute Gasteiger partial charge is 0.101 e. The van der Waals surface area contributed by atoms with Gasteiger partial charge in [0, 0.05) is 23.8 Å². The van der Waals surface area contributed by atoms with Crippen molar-refractivity contribution in [1.29, 1.82) is 5.26 Å². The van der Waals surface area contributed by atoms with Crippen LogP contribution in [-0.2, 0) is 0 Å². The summed E-state index contributed by atoms with van der Waals surface area (Å²) < 4.78 is 0. The number of hydrogen-bond acceptors (Lipinski definition) is 2. The molecule has 1 aromatic rings. The monoisotopic (exact) mass is 192 g/mol. The van der Waals surface area contributed by atoms with Gasteiger partial charge in [-0.2, -0.15) is 5.26 Å². The maximum absolute atomic E-state index is 8.82. The van der Waals surface area contributed by atoms with Crippen molar-refractivity contribution in [1.82, 2.24) is 5.32 Å². The van der Waals surface area contributed by atoms with E-state index >= 15 is 0 Å². The van der Waals surface area contributed by atoms with Crippen LogP contribution in [0.25, 0.3) is 5.57 Å². The molecule has 0 spiro atoms. The van der Waals surface area contributed by atoms with Crippen LogP contribution in [0, 0.1) is 11.3 Å². The molecule has 0 unspecified atom stereocenters. The van der Waals surface area contributed by atoms with Crippen molar-refractivity contribution in [3.05, 3.63) is 41.1 Å². The van der Waals surface area contributed by atoms with Crippen molar-refractivity contribution in [3.8, 4) is 6.07 Å². The first-order chi connectivity index (χ1) is 6.29. The first kappa shape index (κ1) is 9.63. The van der Waals surface area contributed by atoms with E-state index in [-0.39, 0.29) is 0 Å². The minimum atomic E-state index is 0.535. The second-order valence-electron chi connectivity index (χ2n) is 2.44. The maximum atomic E-state index is 8.82. The van der Waals surface area contributed by atoms with Crippen molar-refractivity contribution >= 4 is 17.2 Å². The predicted molar refractivity (Wildman–Crippen MR) is 54.1 cm³/mol. The van der Waals surface area contributed by atoms with E-state index in [1.807, 2.05) is 18.2 Å². The van der Waals surface area contributed by atoms with Gasteiger partial charge in [-0.1, -0.05) is 29.8 Å². The number of nitrogens with zero attached hydrogens (tertiary/aromatic N) is 1. The summed E-state index contributed by atoms with van der Waals surface area (Å²) in [6.45, 7) is 0. The van der Waals surface area contributed by atoms with E-state index in [1.54, 1.807) is 19.3 Å². The highest BCUT2D eigenvalue weighted by Crippen LogP contribution is 2.22. The van der Waals surface area contributed by atoms with Gasteiger partial charge >= 0.3 is 0 Å². The van der Waals surface area contributed by atoms with Crippen LogP contribution in [0.3, 0.4) is 0 Å². The molecule has 0 saturated heterocycles. The van der Waals surface area contributed by atoms with E-state index in [4.69, 9.17) is 16.9 Å². The third-order valence-electron chi connectivity index (χ3n) is 1.57. The molecule has 1 rings (SSSR count). The van der Waals surface area contributed by atoms with Gasteiger partial charge < -0.3 is 5.32 Å². The summed E-state index contributed by atoms with van der Waals surface area (Å²) in [5.74, 6) is 0. The number of allylic oxidation sites excluding steroid dienone is 1. The summed E-state index contributed by atoms with van der Waals surface area (Å²) >= 11 is 5.91. The molecule has 0 radical (unpaired) electrons. The number of nitriles is 1.